The molecule has 1 aromatic carbocycles. The van der Waals surface area contributed by atoms with Crippen LogP contribution in [-0.2, 0) is 9.53 Å². The molecule has 3 rings (SSSR count). The number of ether oxygens (including phenoxy) is 2. The Morgan fingerprint density at radius 1 is 1.28 bits per heavy atom. The molecule has 0 unspecified atom stereocenters. The Balaban J connectivity index is 1.70. The molecule has 1 N–H and O–H groups in total. The molecule has 134 valence electrons. The monoisotopic (exact) mass is 345 g/mol. The van der Waals surface area contributed by atoms with Crippen molar-refractivity contribution in [2.24, 2.45) is 0 Å². The summed E-state index contributed by atoms with van der Waals surface area (Å²) in [5.74, 6) is -0.109. The lowest BCUT2D eigenvalue weighted by Gasteiger charge is -2.16. The average molecular weight is 345 g/mol. The first-order valence-corrected chi connectivity index (χ1v) is 8.58. The van der Waals surface area contributed by atoms with E-state index in [0.717, 1.165) is 31.1 Å². The number of fused-ring (bicyclic) bond motifs is 1. The molecule has 1 heterocycles. The summed E-state index contributed by atoms with van der Waals surface area (Å²) in [6.07, 6.45) is 3.35. The summed E-state index contributed by atoms with van der Waals surface area (Å²) in [5, 5.41) is 3.71. The molecule has 0 spiro atoms. The highest BCUT2D eigenvalue weighted by Crippen LogP contribution is 2.29. The van der Waals surface area contributed by atoms with Gasteiger partial charge in [-0.25, -0.2) is 4.79 Å². The van der Waals surface area contributed by atoms with E-state index in [-0.39, 0.29) is 17.7 Å². The number of benzene rings is 1. The summed E-state index contributed by atoms with van der Waals surface area (Å²) in [4.78, 5) is 24.6. The number of hydrogen-bond donors (Lipinski definition) is 1. The van der Waals surface area contributed by atoms with Gasteiger partial charge in [-0.3, -0.25) is 4.79 Å². The standard InChI is InChI=1S/C19H23NO5/c1-11-15-10-14(23-3)8-9-16(15)25-17(11)19(22)24-12(2)18(21)20-13-6-4-5-7-13/h8-10,12-13H,4-7H2,1-3H3,(H,20,21)/t12-/m0/s1. The fraction of sp³-hybridized carbons (Fsp3) is 0.474. The summed E-state index contributed by atoms with van der Waals surface area (Å²) in [6.45, 7) is 3.36. The van der Waals surface area contributed by atoms with Crippen molar-refractivity contribution in [2.75, 3.05) is 7.11 Å². The number of methoxy groups -OCH3 is 1. The molecule has 2 aromatic rings. The van der Waals surface area contributed by atoms with Crippen molar-refractivity contribution in [3.8, 4) is 5.75 Å². The van der Waals surface area contributed by atoms with Crippen LogP contribution in [0.25, 0.3) is 11.0 Å². The molecule has 0 aliphatic heterocycles. The smallest absolute Gasteiger partial charge is 0.375 e. The lowest BCUT2D eigenvalue weighted by Crippen LogP contribution is -2.40. The van der Waals surface area contributed by atoms with Gasteiger partial charge in [0, 0.05) is 17.0 Å². The van der Waals surface area contributed by atoms with Crippen molar-refractivity contribution in [2.45, 2.75) is 51.7 Å². The van der Waals surface area contributed by atoms with Crippen LogP contribution in [0.2, 0.25) is 0 Å². The summed E-state index contributed by atoms with van der Waals surface area (Å²) in [5.41, 5.74) is 1.25. The van der Waals surface area contributed by atoms with Crippen LogP contribution in [0, 0.1) is 6.92 Å². The Morgan fingerprint density at radius 2 is 2.00 bits per heavy atom. The van der Waals surface area contributed by atoms with Crippen molar-refractivity contribution in [1.29, 1.82) is 0 Å². The molecule has 6 nitrogen and oxygen atoms in total. The largest absolute Gasteiger partial charge is 0.497 e. The third kappa shape index (κ3) is 3.62. The average Bonchev–Trinajstić information content (AvgIpc) is 3.22. The Morgan fingerprint density at radius 3 is 2.68 bits per heavy atom. The van der Waals surface area contributed by atoms with E-state index in [4.69, 9.17) is 13.9 Å². The first-order chi connectivity index (χ1) is 12.0. The highest BCUT2D eigenvalue weighted by atomic mass is 16.6. The second kappa shape index (κ2) is 7.17. The Bertz CT molecular complexity index is 788. The van der Waals surface area contributed by atoms with E-state index in [0.29, 0.717) is 16.9 Å². The first kappa shape index (κ1) is 17.3. The van der Waals surface area contributed by atoms with Gasteiger partial charge in [0.25, 0.3) is 5.91 Å². The topological polar surface area (TPSA) is 77.8 Å². The molecular formula is C19H23NO5. The van der Waals surface area contributed by atoms with E-state index in [1.807, 2.05) is 0 Å². The fourth-order valence-corrected chi connectivity index (χ4v) is 3.18. The predicted octanol–water partition coefficient (Wildman–Crippen LogP) is 3.35. The van der Waals surface area contributed by atoms with Gasteiger partial charge in [-0.15, -0.1) is 0 Å². The summed E-state index contributed by atoms with van der Waals surface area (Å²) in [7, 11) is 1.58. The summed E-state index contributed by atoms with van der Waals surface area (Å²) >= 11 is 0. The van der Waals surface area contributed by atoms with Gasteiger partial charge in [0.15, 0.2) is 6.10 Å². The molecular weight excluding hydrogens is 322 g/mol. The van der Waals surface area contributed by atoms with Gasteiger partial charge in [-0.2, -0.15) is 0 Å². The lowest BCUT2D eigenvalue weighted by atomic mass is 10.1. The van der Waals surface area contributed by atoms with E-state index in [1.165, 1.54) is 0 Å². The Labute approximate surface area is 146 Å². The van der Waals surface area contributed by atoms with Crippen LogP contribution in [0.5, 0.6) is 5.75 Å². The van der Waals surface area contributed by atoms with E-state index in [1.54, 1.807) is 39.2 Å². The quantitative estimate of drug-likeness (QED) is 0.841. The van der Waals surface area contributed by atoms with Crippen LogP contribution in [0.1, 0.15) is 48.7 Å². The maximum absolute atomic E-state index is 12.4. The van der Waals surface area contributed by atoms with Gasteiger partial charge >= 0.3 is 5.97 Å². The minimum absolute atomic E-state index is 0.115. The fourth-order valence-electron chi connectivity index (χ4n) is 3.18. The maximum atomic E-state index is 12.4. The van der Waals surface area contributed by atoms with Gasteiger partial charge in [0.2, 0.25) is 5.76 Å². The predicted molar refractivity (Wildman–Crippen MR) is 92.8 cm³/mol. The number of aryl methyl sites for hydroxylation is 1. The normalized spacial score (nSPS) is 16.0. The number of carbonyl (C=O) groups excluding carboxylic acids is 2. The number of amides is 1. The van der Waals surface area contributed by atoms with Gasteiger partial charge in [0.1, 0.15) is 11.3 Å². The van der Waals surface area contributed by atoms with Crippen LogP contribution in [0.15, 0.2) is 22.6 Å². The third-order valence-corrected chi connectivity index (χ3v) is 4.68. The van der Waals surface area contributed by atoms with E-state index < -0.39 is 12.1 Å². The molecule has 1 saturated carbocycles. The van der Waals surface area contributed by atoms with Crippen molar-refractivity contribution < 1.29 is 23.5 Å². The van der Waals surface area contributed by atoms with E-state index in [2.05, 4.69) is 5.32 Å². The lowest BCUT2D eigenvalue weighted by molar-refractivity contribution is -0.129. The van der Waals surface area contributed by atoms with Crippen molar-refractivity contribution in [3.05, 3.63) is 29.5 Å². The van der Waals surface area contributed by atoms with Crippen molar-refractivity contribution in [3.63, 3.8) is 0 Å². The number of furan rings is 1. The molecule has 1 aliphatic carbocycles. The maximum Gasteiger partial charge on any atom is 0.375 e. The van der Waals surface area contributed by atoms with Crippen molar-refractivity contribution in [1.82, 2.24) is 5.32 Å². The van der Waals surface area contributed by atoms with Crippen LogP contribution < -0.4 is 10.1 Å². The van der Waals surface area contributed by atoms with Crippen LogP contribution in [0.4, 0.5) is 0 Å². The first-order valence-electron chi connectivity index (χ1n) is 8.58. The Hall–Kier alpha value is -2.50. The molecule has 0 saturated heterocycles. The van der Waals surface area contributed by atoms with E-state index in [9.17, 15) is 9.59 Å². The molecule has 6 heteroatoms. The minimum atomic E-state index is -0.866. The highest BCUT2D eigenvalue weighted by Gasteiger charge is 2.26. The minimum Gasteiger partial charge on any atom is -0.497 e. The zero-order valence-electron chi connectivity index (χ0n) is 14.8. The van der Waals surface area contributed by atoms with E-state index >= 15 is 0 Å². The molecule has 1 fully saturated rings. The number of esters is 1. The second-order valence-corrected chi connectivity index (χ2v) is 6.46. The second-order valence-electron chi connectivity index (χ2n) is 6.46. The molecule has 1 aliphatic rings. The van der Waals surface area contributed by atoms with Gasteiger partial charge < -0.3 is 19.2 Å². The number of hydrogen-bond acceptors (Lipinski definition) is 5. The number of rotatable bonds is 5. The van der Waals surface area contributed by atoms with Crippen LogP contribution >= 0.6 is 0 Å². The molecule has 25 heavy (non-hydrogen) atoms. The molecule has 0 radical (unpaired) electrons. The van der Waals surface area contributed by atoms with Crippen LogP contribution in [0.3, 0.4) is 0 Å². The molecule has 1 aromatic heterocycles. The van der Waals surface area contributed by atoms with Gasteiger partial charge in [-0.1, -0.05) is 12.8 Å². The van der Waals surface area contributed by atoms with Crippen LogP contribution in [-0.4, -0.2) is 31.1 Å². The summed E-state index contributed by atoms with van der Waals surface area (Å²) < 4.78 is 16.1. The van der Waals surface area contributed by atoms with Crippen molar-refractivity contribution >= 4 is 22.8 Å². The van der Waals surface area contributed by atoms with Gasteiger partial charge in [-0.05, 0) is 44.9 Å². The SMILES string of the molecule is COc1ccc2oc(C(=O)O[C@@H](C)C(=O)NC3CCCC3)c(C)c2c1. The molecule has 0 bridgehead atoms. The number of nitrogens with one attached hydrogen (secondary N) is 1. The molecule has 1 atom stereocenters. The zero-order valence-corrected chi connectivity index (χ0v) is 14.8. The number of carbonyl (C=O) groups is 2. The molecule has 1 amide bonds. The highest BCUT2D eigenvalue weighted by molar-refractivity contribution is 5.97. The third-order valence-electron chi connectivity index (χ3n) is 4.68. The zero-order chi connectivity index (χ0) is 18.0. The van der Waals surface area contributed by atoms with Gasteiger partial charge in [0.05, 0.1) is 7.11 Å². The Kier molecular flexibility index (Phi) is 4.97. The summed E-state index contributed by atoms with van der Waals surface area (Å²) in [6, 6.07) is 5.50.